The van der Waals surface area contributed by atoms with E-state index >= 15 is 0 Å². The van der Waals surface area contributed by atoms with Gasteiger partial charge < -0.3 is 10.2 Å². The third-order valence-corrected chi connectivity index (χ3v) is 5.72. The van der Waals surface area contributed by atoms with Crippen molar-refractivity contribution < 1.29 is 9.59 Å². The molecule has 0 fully saturated rings. The van der Waals surface area contributed by atoms with Crippen molar-refractivity contribution in [2.75, 3.05) is 7.05 Å². The lowest BCUT2D eigenvalue weighted by atomic mass is 9.99. The zero-order chi connectivity index (χ0) is 22.2. The summed E-state index contributed by atoms with van der Waals surface area (Å²) in [6.07, 6.45) is 0.729. The van der Waals surface area contributed by atoms with E-state index in [1.54, 1.807) is 11.9 Å². The maximum Gasteiger partial charge on any atom is 0.242 e. The first-order chi connectivity index (χ1) is 15.0. The standard InChI is InChI=1S/C27H30N2O2/c1-20-11-7-9-15-23(20)18-26(30)29(19-24-16-10-8-12-21(24)2)25(27(31)28-3)17-22-13-5-4-6-14-22/h4-16,25H,17-19H2,1-3H3,(H,28,31)/t25-/m1/s1. The molecule has 0 aliphatic carbocycles. The molecule has 4 nitrogen and oxygen atoms in total. The van der Waals surface area contributed by atoms with Crippen LogP contribution in [0.3, 0.4) is 0 Å². The largest absolute Gasteiger partial charge is 0.357 e. The Balaban J connectivity index is 1.97. The van der Waals surface area contributed by atoms with E-state index in [9.17, 15) is 9.59 Å². The van der Waals surface area contributed by atoms with Crippen molar-refractivity contribution >= 4 is 11.8 Å². The monoisotopic (exact) mass is 414 g/mol. The molecule has 1 N–H and O–H groups in total. The van der Waals surface area contributed by atoms with E-state index in [0.29, 0.717) is 13.0 Å². The Bertz CT molecular complexity index is 1030. The van der Waals surface area contributed by atoms with E-state index in [1.807, 2.05) is 92.7 Å². The van der Waals surface area contributed by atoms with Gasteiger partial charge in [0, 0.05) is 20.0 Å². The average molecular weight is 415 g/mol. The second-order valence-electron chi connectivity index (χ2n) is 7.87. The number of nitrogens with one attached hydrogen (secondary N) is 1. The molecule has 0 heterocycles. The zero-order valence-corrected chi connectivity index (χ0v) is 18.5. The van der Waals surface area contributed by atoms with Crippen molar-refractivity contribution in [3.8, 4) is 0 Å². The predicted molar refractivity (Wildman–Crippen MR) is 125 cm³/mol. The Morgan fingerprint density at radius 1 is 0.806 bits per heavy atom. The number of amides is 2. The molecule has 0 radical (unpaired) electrons. The van der Waals surface area contributed by atoms with Gasteiger partial charge in [-0.15, -0.1) is 0 Å². The fourth-order valence-electron chi connectivity index (χ4n) is 3.76. The summed E-state index contributed by atoms with van der Waals surface area (Å²) >= 11 is 0. The highest BCUT2D eigenvalue weighted by Crippen LogP contribution is 2.19. The minimum absolute atomic E-state index is 0.0536. The molecule has 0 aliphatic rings. The number of likely N-dealkylation sites (N-methyl/N-ethyl adjacent to an activating group) is 1. The van der Waals surface area contributed by atoms with Crippen LogP contribution in [0.5, 0.6) is 0 Å². The van der Waals surface area contributed by atoms with Crippen molar-refractivity contribution in [1.82, 2.24) is 10.2 Å². The number of nitrogens with zero attached hydrogens (tertiary/aromatic N) is 1. The Morgan fingerprint density at radius 2 is 1.35 bits per heavy atom. The third kappa shape index (κ3) is 5.82. The zero-order valence-electron chi connectivity index (χ0n) is 18.5. The fourth-order valence-corrected chi connectivity index (χ4v) is 3.76. The molecule has 0 bridgehead atoms. The number of hydrogen-bond acceptors (Lipinski definition) is 2. The molecule has 3 rings (SSSR count). The predicted octanol–water partition coefficient (Wildman–Crippen LogP) is 4.23. The van der Waals surface area contributed by atoms with Gasteiger partial charge >= 0.3 is 0 Å². The summed E-state index contributed by atoms with van der Waals surface area (Å²) in [5.74, 6) is -0.211. The van der Waals surface area contributed by atoms with Crippen molar-refractivity contribution in [2.45, 2.75) is 39.3 Å². The summed E-state index contributed by atoms with van der Waals surface area (Å²) < 4.78 is 0. The molecule has 0 saturated carbocycles. The van der Waals surface area contributed by atoms with Crippen molar-refractivity contribution in [2.24, 2.45) is 0 Å². The lowest BCUT2D eigenvalue weighted by Gasteiger charge is -2.32. The van der Waals surface area contributed by atoms with Crippen LogP contribution in [0.2, 0.25) is 0 Å². The van der Waals surface area contributed by atoms with Gasteiger partial charge in [0.25, 0.3) is 0 Å². The maximum atomic E-state index is 13.6. The number of hydrogen-bond donors (Lipinski definition) is 1. The Morgan fingerprint density at radius 3 is 1.94 bits per heavy atom. The molecule has 31 heavy (non-hydrogen) atoms. The second-order valence-corrected chi connectivity index (χ2v) is 7.87. The van der Waals surface area contributed by atoms with Crippen LogP contribution in [-0.2, 0) is 29.0 Å². The fraction of sp³-hybridized carbons (Fsp3) is 0.259. The highest BCUT2D eigenvalue weighted by Gasteiger charge is 2.30. The van der Waals surface area contributed by atoms with Gasteiger partial charge in [-0.25, -0.2) is 0 Å². The Labute approximate surface area is 184 Å². The van der Waals surface area contributed by atoms with Crippen molar-refractivity contribution in [1.29, 1.82) is 0 Å². The van der Waals surface area contributed by atoms with Crippen LogP contribution in [0.15, 0.2) is 78.9 Å². The van der Waals surface area contributed by atoms with Crippen LogP contribution in [-0.4, -0.2) is 29.8 Å². The first-order valence-corrected chi connectivity index (χ1v) is 10.6. The minimum Gasteiger partial charge on any atom is -0.357 e. The van der Waals surface area contributed by atoms with Crippen LogP contribution in [0.1, 0.15) is 27.8 Å². The van der Waals surface area contributed by atoms with Gasteiger partial charge in [-0.1, -0.05) is 78.9 Å². The van der Waals surface area contributed by atoms with E-state index in [2.05, 4.69) is 5.32 Å². The molecule has 0 saturated heterocycles. The molecule has 160 valence electrons. The van der Waals surface area contributed by atoms with Gasteiger partial charge in [0.2, 0.25) is 11.8 Å². The molecule has 0 aliphatic heterocycles. The van der Waals surface area contributed by atoms with Gasteiger partial charge in [0.1, 0.15) is 6.04 Å². The van der Waals surface area contributed by atoms with Crippen LogP contribution < -0.4 is 5.32 Å². The Kier molecular flexibility index (Phi) is 7.60. The van der Waals surface area contributed by atoms with E-state index in [-0.39, 0.29) is 18.2 Å². The first-order valence-electron chi connectivity index (χ1n) is 10.6. The molecule has 0 aromatic heterocycles. The van der Waals surface area contributed by atoms with Gasteiger partial charge in [0.05, 0.1) is 6.42 Å². The van der Waals surface area contributed by atoms with E-state index < -0.39 is 6.04 Å². The van der Waals surface area contributed by atoms with Crippen molar-refractivity contribution in [3.05, 3.63) is 107 Å². The smallest absolute Gasteiger partial charge is 0.242 e. The molecule has 2 amide bonds. The number of carbonyl (C=O) groups is 2. The highest BCUT2D eigenvalue weighted by molar-refractivity contribution is 5.88. The van der Waals surface area contributed by atoms with Gasteiger partial charge in [-0.05, 0) is 41.7 Å². The summed E-state index contributed by atoms with van der Waals surface area (Å²) in [4.78, 5) is 28.3. The minimum atomic E-state index is -0.594. The van der Waals surface area contributed by atoms with Gasteiger partial charge in [-0.2, -0.15) is 0 Å². The van der Waals surface area contributed by atoms with Gasteiger partial charge in [-0.3, -0.25) is 9.59 Å². The van der Waals surface area contributed by atoms with Crippen LogP contribution >= 0.6 is 0 Å². The molecular formula is C27H30N2O2. The van der Waals surface area contributed by atoms with E-state index in [0.717, 1.165) is 27.8 Å². The maximum absolute atomic E-state index is 13.6. The van der Waals surface area contributed by atoms with E-state index in [1.165, 1.54) is 0 Å². The molecule has 1 atom stereocenters. The summed E-state index contributed by atoms with van der Waals surface area (Å²) in [6.45, 7) is 4.43. The molecule has 0 spiro atoms. The molecule has 3 aromatic rings. The third-order valence-electron chi connectivity index (χ3n) is 5.72. The lowest BCUT2D eigenvalue weighted by molar-refractivity contribution is -0.140. The quantitative estimate of drug-likeness (QED) is 0.600. The van der Waals surface area contributed by atoms with Gasteiger partial charge in [0.15, 0.2) is 0 Å². The lowest BCUT2D eigenvalue weighted by Crippen LogP contribution is -2.50. The van der Waals surface area contributed by atoms with Crippen LogP contribution in [0.25, 0.3) is 0 Å². The number of rotatable bonds is 8. The Hall–Kier alpha value is -3.40. The average Bonchev–Trinajstić information content (AvgIpc) is 2.79. The van der Waals surface area contributed by atoms with Crippen molar-refractivity contribution in [3.63, 3.8) is 0 Å². The van der Waals surface area contributed by atoms with Crippen LogP contribution in [0.4, 0.5) is 0 Å². The highest BCUT2D eigenvalue weighted by atomic mass is 16.2. The summed E-state index contributed by atoms with van der Waals surface area (Å²) in [5.41, 5.74) is 5.23. The molecule has 3 aromatic carbocycles. The van der Waals surface area contributed by atoms with E-state index in [4.69, 9.17) is 0 Å². The first kappa shape index (κ1) is 22.3. The summed E-state index contributed by atoms with van der Waals surface area (Å²) in [5, 5.41) is 2.76. The second kappa shape index (κ2) is 10.6. The molecular weight excluding hydrogens is 384 g/mol. The van der Waals surface area contributed by atoms with Crippen LogP contribution in [0, 0.1) is 13.8 Å². The summed E-state index contributed by atoms with van der Waals surface area (Å²) in [7, 11) is 1.62. The topological polar surface area (TPSA) is 49.4 Å². The summed E-state index contributed by atoms with van der Waals surface area (Å²) in [6, 6.07) is 25.2. The molecule has 4 heteroatoms. The molecule has 0 unspecified atom stereocenters. The number of benzene rings is 3. The SMILES string of the molecule is CNC(=O)[C@@H](Cc1ccccc1)N(Cc1ccccc1C)C(=O)Cc1ccccc1C. The number of carbonyl (C=O) groups excluding carboxylic acids is 2. The normalized spacial score (nSPS) is 11.6. The number of aryl methyl sites for hydroxylation is 2.